The van der Waals surface area contributed by atoms with Crippen LogP contribution in [0.4, 0.5) is 0 Å². The first-order valence-corrected chi connectivity index (χ1v) is 19.1. The molecule has 6 unspecified atom stereocenters. The highest BCUT2D eigenvalue weighted by molar-refractivity contribution is 7.49. The Bertz CT molecular complexity index is 1300. The average Bonchev–Trinajstić information content (AvgIpc) is 3.09. The van der Waals surface area contributed by atoms with Crippen molar-refractivity contribution in [3.8, 4) is 11.5 Å². The van der Waals surface area contributed by atoms with Crippen LogP contribution in [0, 0.1) is 17.8 Å². The number of hydrogen-bond acceptors (Lipinski definition) is 7. The van der Waals surface area contributed by atoms with Gasteiger partial charge in [0.1, 0.15) is 25.4 Å². The van der Waals surface area contributed by atoms with Crippen LogP contribution in [-0.4, -0.2) is 69.9 Å². The Labute approximate surface area is 291 Å². The van der Waals surface area contributed by atoms with Gasteiger partial charge in [-0.25, -0.2) is 0 Å². The van der Waals surface area contributed by atoms with E-state index in [1.807, 2.05) is 30.3 Å². The van der Waals surface area contributed by atoms with Gasteiger partial charge in [-0.05, 0) is 93.6 Å². The van der Waals surface area contributed by atoms with Gasteiger partial charge in [0.15, 0.2) is 6.29 Å². The van der Waals surface area contributed by atoms with Gasteiger partial charge in [-0.15, -0.1) is 0 Å². The smallest absolute Gasteiger partial charge is 0.160 e. The summed E-state index contributed by atoms with van der Waals surface area (Å²) < 4.78 is 40.1. The molecular weight excluding hydrogens is 621 g/mol. The third-order valence-corrected chi connectivity index (χ3v) is 12.0. The lowest BCUT2D eigenvalue weighted by Crippen LogP contribution is -2.49. The molecule has 3 aromatic carbocycles. The summed E-state index contributed by atoms with van der Waals surface area (Å²) in [6, 6.07) is 27.6. The van der Waals surface area contributed by atoms with Gasteiger partial charge < -0.3 is 28.2 Å². The summed E-state index contributed by atoms with van der Waals surface area (Å²) in [5.74, 6) is 2.49. The summed E-state index contributed by atoms with van der Waals surface area (Å²) in [6.45, 7) is 19.6. The van der Waals surface area contributed by atoms with E-state index in [2.05, 4.69) is 108 Å². The molecule has 0 amide bonds. The van der Waals surface area contributed by atoms with Crippen LogP contribution < -0.4 is 9.47 Å². The molecule has 0 saturated carbocycles. The Morgan fingerprint density at radius 1 is 0.708 bits per heavy atom. The van der Waals surface area contributed by atoms with Gasteiger partial charge >= 0.3 is 0 Å². The minimum absolute atomic E-state index is 0.161. The maximum atomic E-state index is 7.22. The number of ether oxygens (including phenoxy) is 5. The van der Waals surface area contributed by atoms with Crippen LogP contribution in [-0.2, 0) is 24.3 Å². The van der Waals surface area contributed by atoms with Crippen molar-refractivity contribution in [3.63, 3.8) is 0 Å². The molecule has 0 radical (unpaired) electrons. The summed E-state index contributed by atoms with van der Waals surface area (Å²) in [5, 5.41) is 0. The van der Waals surface area contributed by atoms with E-state index in [1.165, 1.54) is 0 Å². The van der Waals surface area contributed by atoms with E-state index in [0.29, 0.717) is 37.8 Å². The number of nitrogens with zero attached hydrogens (tertiary/aromatic N) is 1. The van der Waals surface area contributed by atoms with Crippen LogP contribution >= 0.6 is 8.30 Å². The van der Waals surface area contributed by atoms with Crippen molar-refractivity contribution in [1.82, 2.24) is 4.67 Å². The van der Waals surface area contributed by atoms with Crippen molar-refractivity contribution in [2.24, 2.45) is 17.8 Å². The molecule has 7 nitrogen and oxygen atoms in total. The van der Waals surface area contributed by atoms with Crippen molar-refractivity contribution in [1.29, 1.82) is 0 Å². The fourth-order valence-electron chi connectivity index (χ4n) is 6.92. The third-order valence-electron chi connectivity index (χ3n) is 9.85. The Balaban J connectivity index is 1.53. The molecule has 0 bridgehead atoms. The molecule has 0 aromatic heterocycles. The van der Waals surface area contributed by atoms with Gasteiger partial charge in [-0.2, -0.15) is 0 Å². The van der Waals surface area contributed by atoms with E-state index in [1.54, 1.807) is 14.2 Å². The first-order chi connectivity index (χ1) is 23.0. The molecular formula is C40H58NO6P. The fraction of sp³-hybridized carbons (Fsp3) is 0.550. The summed E-state index contributed by atoms with van der Waals surface area (Å²) in [4.78, 5) is 0. The fourth-order valence-corrected chi connectivity index (χ4v) is 8.74. The second-order valence-electron chi connectivity index (χ2n) is 13.5. The van der Waals surface area contributed by atoms with E-state index in [0.717, 1.165) is 34.6 Å². The van der Waals surface area contributed by atoms with Crippen molar-refractivity contribution in [2.75, 3.05) is 40.7 Å². The molecule has 1 saturated heterocycles. The molecule has 1 aliphatic heterocycles. The Morgan fingerprint density at radius 2 is 1.23 bits per heavy atom. The van der Waals surface area contributed by atoms with Crippen molar-refractivity contribution >= 4 is 8.30 Å². The molecule has 4 rings (SSSR count). The SMILES string of the molecule is COc1ccc(C(OCC2OC(OCCCOP(C)N(C(C)C)C(C)C)C(C)C(C)C2C)(c2ccccc2)c2ccc(OC)cc2)cc1. The number of hydrogen-bond donors (Lipinski definition) is 0. The minimum Gasteiger partial charge on any atom is -0.497 e. The molecule has 48 heavy (non-hydrogen) atoms. The predicted octanol–water partition coefficient (Wildman–Crippen LogP) is 9.13. The summed E-state index contributed by atoms with van der Waals surface area (Å²) >= 11 is 0. The molecule has 264 valence electrons. The van der Waals surface area contributed by atoms with Gasteiger partial charge in [0.25, 0.3) is 0 Å². The van der Waals surface area contributed by atoms with E-state index < -0.39 is 13.9 Å². The Hall–Kier alpha value is -2.51. The van der Waals surface area contributed by atoms with Crippen LogP contribution in [0.2, 0.25) is 0 Å². The lowest BCUT2D eigenvalue weighted by Gasteiger charge is -2.45. The normalized spacial score (nSPS) is 22.3. The standard InChI is InChI=1S/C40H58NO6P/c1-28(2)41(29(3)4)48(10)46-26-14-25-44-39-32(7)30(5)31(6)38(47-39)27-45-40(33-15-12-11-13-16-33,34-17-21-36(42-8)22-18-34)35-19-23-37(43-9)24-20-35/h11-13,15-24,28-32,38-39H,14,25-27H2,1-10H3. The van der Waals surface area contributed by atoms with Crippen molar-refractivity contribution in [3.05, 3.63) is 95.6 Å². The molecule has 3 aromatic rings. The van der Waals surface area contributed by atoms with Gasteiger partial charge in [0.2, 0.25) is 0 Å². The molecule has 0 spiro atoms. The summed E-state index contributed by atoms with van der Waals surface area (Å²) in [6.07, 6.45) is 0.343. The van der Waals surface area contributed by atoms with Crippen LogP contribution in [0.3, 0.4) is 0 Å². The van der Waals surface area contributed by atoms with Gasteiger partial charge in [-0.1, -0.05) is 75.4 Å². The summed E-state index contributed by atoms with van der Waals surface area (Å²) in [7, 11) is 2.72. The van der Waals surface area contributed by atoms with E-state index >= 15 is 0 Å². The zero-order chi connectivity index (χ0) is 34.8. The van der Waals surface area contributed by atoms with Crippen molar-refractivity contribution in [2.45, 2.75) is 85.0 Å². The molecule has 0 N–H and O–H groups in total. The average molecular weight is 680 g/mol. The van der Waals surface area contributed by atoms with E-state index in [-0.39, 0.29) is 24.2 Å². The quantitative estimate of drug-likeness (QED) is 0.0801. The number of benzene rings is 3. The topological polar surface area (TPSA) is 58.6 Å². The lowest BCUT2D eigenvalue weighted by molar-refractivity contribution is -0.261. The zero-order valence-electron chi connectivity index (χ0n) is 30.7. The van der Waals surface area contributed by atoms with Gasteiger partial charge in [-0.3, -0.25) is 4.67 Å². The highest BCUT2D eigenvalue weighted by atomic mass is 31.2. The number of rotatable bonds is 17. The minimum atomic E-state index is -0.902. The van der Waals surface area contributed by atoms with Crippen LogP contribution in [0.1, 0.15) is 71.6 Å². The zero-order valence-corrected chi connectivity index (χ0v) is 31.6. The lowest BCUT2D eigenvalue weighted by atomic mass is 9.78. The van der Waals surface area contributed by atoms with E-state index in [4.69, 9.17) is 28.2 Å². The van der Waals surface area contributed by atoms with Gasteiger partial charge in [0.05, 0.1) is 40.1 Å². The molecule has 0 aliphatic carbocycles. The van der Waals surface area contributed by atoms with Crippen LogP contribution in [0.15, 0.2) is 78.9 Å². The maximum Gasteiger partial charge on any atom is 0.160 e. The van der Waals surface area contributed by atoms with Crippen LogP contribution in [0.25, 0.3) is 0 Å². The van der Waals surface area contributed by atoms with Gasteiger partial charge in [0, 0.05) is 18.0 Å². The second-order valence-corrected chi connectivity index (χ2v) is 15.2. The highest BCUT2D eigenvalue weighted by Gasteiger charge is 2.43. The summed E-state index contributed by atoms with van der Waals surface area (Å²) in [5.41, 5.74) is 2.13. The predicted molar refractivity (Wildman–Crippen MR) is 196 cm³/mol. The van der Waals surface area contributed by atoms with E-state index in [9.17, 15) is 0 Å². The molecule has 6 atom stereocenters. The molecule has 1 fully saturated rings. The maximum absolute atomic E-state index is 7.22. The number of methoxy groups -OCH3 is 2. The third kappa shape index (κ3) is 8.98. The second kappa shape index (κ2) is 17.9. The highest BCUT2D eigenvalue weighted by Crippen LogP contribution is 2.44. The first-order valence-electron chi connectivity index (χ1n) is 17.4. The van der Waals surface area contributed by atoms with Crippen molar-refractivity contribution < 1.29 is 28.2 Å². The molecule has 1 aliphatic rings. The molecule has 8 heteroatoms. The monoisotopic (exact) mass is 679 g/mol. The van der Waals surface area contributed by atoms with Crippen LogP contribution in [0.5, 0.6) is 11.5 Å². The largest absolute Gasteiger partial charge is 0.497 e. The first kappa shape index (κ1) is 38.3. The Morgan fingerprint density at radius 3 is 1.73 bits per heavy atom. The Kier molecular flexibility index (Phi) is 14.3. The molecule has 1 heterocycles.